The molecular formula is C11H15ClN4O. The van der Waals surface area contributed by atoms with Gasteiger partial charge in [-0.15, -0.1) is 0 Å². The molecule has 1 N–H and O–H groups in total. The minimum absolute atomic E-state index is 0.438. The van der Waals surface area contributed by atoms with Gasteiger partial charge in [0.25, 0.3) is 0 Å². The predicted molar refractivity (Wildman–Crippen MR) is 65.4 cm³/mol. The molecule has 5 nitrogen and oxygen atoms in total. The zero-order chi connectivity index (χ0) is 12.3. The van der Waals surface area contributed by atoms with Crippen molar-refractivity contribution in [2.24, 2.45) is 0 Å². The molecule has 0 spiro atoms. The van der Waals surface area contributed by atoms with Crippen molar-refractivity contribution in [1.82, 2.24) is 20.1 Å². The molecule has 0 atom stereocenters. The lowest BCUT2D eigenvalue weighted by Crippen LogP contribution is -2.14. The number of halogens is 1. The average molecular weight is 255 g/mol. The molecule has 0 bridgehead atoms. The van der Waals surface area contributed by atoms with Crippen molar-refractivity contribution < 1.29 is 4.42 Å². The van der Waals surface area contributed by atoms with E-state index in [1.54, 1.807) is 17.1 Å². The largest absolute Gasteiger partial charge is 0.430 e. The van der Waals surface area contributed by atoms with Crippen LogP contribution in [0.15, 0.2) is 16.9 Å². The number of hydrogen-bond acceptors (Lipinski definition) is 4. The summed E-state index contributed by atoms with van der Waals surface area (Å²) in [5, 5.41) is 8.06. The van der Waals surface area contributed by atoms with Crippen LogP contribution >= 0.6 is 11.6 Å². The normalized spacial score (nSPS) is 11.0. The van der Waals surface area contributed by atoms with Gasteiger partial charge in [0, 0.05) is 6.54 Å². The number of oxazole rings is 1. The van der Waals surface area contributed by atoms with Gasteiger partial charge in [0.1, 0.15) is 6.26 Å². The highest BCUT2D eigenvalue weighted by atomic mass is 35.5. The first-order valence-electron chi connectivity index (χ1n) is 5.58. The Morgan fingerprint density at radius 2 is 2.35 bits per heavy atom. The molecule has 0 aliphatic rings. The molecule has 2 heterocycles. The standard InChI is InChI=1S/C11H15ClN4O/c1-3-4-13-5-9-7-17-11(14-9)16-6-10(12)8(2)15-16/h6-7,13H,3-5H2,1-2H3. The van der Waals surface area contributed by atoms with Gasteiger partial charge in [-0.2, -0.15) is 14.8 Å². The summed E-state index contributed by atoms with van der Waals surface area (Å²) in [6, 6.07) is 0.438. The second-order valence-corrected chi connectivity index (χ2v) is 4.21. The maximum atomic E-state index is 5.92. The Hall–Kier alpha value is -1.33. The van der Waals surface area contributed by atoms with Gasteiger partial charge in [-0.05, 0) is 19.9 Å². The zero-order valence-electron chi connectivity index (χ0n) is 9.90. The van der Waals surface area contributed by atoms with Crippen LogP contribution in [0.2, 0.25) is 5.02 Å². The molecule has 92 valence electrons. The van der Waals surface area contributed by atoms with Gasteiger partial charge in [0.05, 0.1) is 22.6 Å². The SMILES string of the molecule is CCCNCc1coc(-n2cc(Cl)c(C)n2)n1. The Morgan fingerprint density at radius 3 is 3.00 bits per heavy atom. The fourth-order valence-corrected chi connectivity index (χ4v) is 1.54. The Balaban J connectivity index is 2.07. The van der Waals surface area contributed by atoms with E-state index in [1.165, 1.54) is 0 Å². The second kappa shape index (κ2) is 5.33. The van der Waals surface area contributed by atoms with Crippen LogP contribution in [0.1, 0.15) is 24.7 Å². The molecule has 0 saturated heterocycles. The molecule has 0 amide bonds. The first-order valence-corrected chi connectivity index (χ1v) is 5.95. The van der Waals surface area contributed by atoms with Gasteiger partial charge in [0.2, 0.25) is 0 Å². The number of nitrogens with zero attached hydrogens (tertiary/aromatic N) is 3. The molecule has 0 unspecified atom stereocenters. The lowest BCUT2D eigenvalue weighted by atomic mass is 10.4. The van der Waals surface area contributed by atoms with Crippen LogP contribution < -0.4 is 5.32 Å². The maximum absolute atomic E-state index is 5.92. The van der Waals surface area contributed by atoms with Crippen LogP contribution in [-0.4, -0.2) is 21.3 Å². The molecular weight excluding hydrogens is 240 g/mol. The molecule has 2 rings (SSSR count). The lowest BCUT2D eigenvalue weighted by molar-refractivity contribution is 0.508. The van der Waals surface area contributed by atoms with Gasteiger partial charge in [-0.3, -0.25) is 0 Å². The van der Waals surface area contributed by atoms with E-state index in [1.807, 2.05) is 6.92 Å². The van der Waals surface area contributed by atoms with E-state index < -0.39 is 0 Å². The number of rotatable bonds is 5. The highest BCUT2D eigenvalue weighted by molar-refractivity contribution is 6.31. The Morgan fingerprint density at radius 1 is 1.53 bits per heavy atom. The van der Waals surface area contributed by atoms with Crippen molar-refractivity contribution in [2.75, 3.05) is 6.54 Å². The van der Waals surface area contributed by atoms with Crippen LogP contribution in [0.3, 0.4) is 0 Å². The summed E-state index contributed by atoms with van der Waals surface area (Å²) < 4.78 is 6.88. The van der Waals surface area contributed by atoms with Crippen LogP contribution in [0.4, 0.5) is 0 Å². The third-order valence-corrected chi connectivity index (χ3v) is 2.68. The maximum Gasteiger partial charge on any atom is 0.322 e. The van der Waals surface area contributed by atoms with Crippen LogP contribution in [-0.2, 0) is 6.54 Å². The summed E-state index contributed by atoms with van der Waals surface area (Å²) in [4.78, 5) is 4.32. The number of aromatic nitrogens is 3. The van der Waals surface area contributed by atoms with Crippen molar-refractivity contribution >= 4 is 11.6 Å². The van der Waals surface area contributed by atoms with Crippen molar-refractivity contribution in [3.63, 3.8) is 0 Å². The fourth-order valence-electron chi connectivity index (χ4n) is 1.41. The predicted octanol–water partition coefficient (Wildman–Crippen LogP) is 2.32. The summed E-state index contributed by atoms with van der Waals surface area (Å²) >= 11 is 5.92. The van der Waals surface area contributed by atoms with Gasteiger partial charge >= 0.3 is 6.01 Å². The highest BCUT2D eigenvalue weighted by Crippen LogP contribution is 2.15. The van der Waals surface area contributed by atoms with Crippen molar-refractivity contribution in [1.29, 1.82) is 0 Å². The summed E-state index contributed by atoms with van der Waals surface area (Å²) in [5.74, 6) is 0. The summed E-state index contributed by atoms with van der Waals surface area (Å²) in [7, 11) is 0. The van der Waals surface area contributed by atoms with E-state index in [4.69, 9.17) is 16.0 Å². The monoisotopic (exact) mass is 254 g/mol. The molecule has 2 aromatic heterocycles. The quantitative estimate of drug-likeness (QED) is 0.832. The van der Waals surface area contributed by atoms with Crippen molar-refractivity contribution in [3.05, 3.63) is 28.9 Å². The first-order chi connectivity index (χ1) is 8.20. The van der Waals surface area contributed by atoms with E-state index in [-0.39, 0.29) is 0 Å². The molecule has 17 heavy (non-hydrogen) atoms. The third-order valence-electron chi connectivity index (χ3n) is 2.31. The Kier molecular flexibility index (Phi) is 3.81. The number of aryl methyl sites for hydroxylation is 1. The Labute approximate surface area is 105 Å². The molecule has 6 heteroatoms. The molecule has 0 aromatic carbocycles. The summed E-state index contributed by atoms with van der Waals surface area (Å²) in [6.07, 6.45) is 4.41. The lowest BCUT2D eigenvalue weighted by Gasteiger charge is -1.97. The summed E-state index contributed by atoms with van der Waals surface area (Å²) in [5.41, 5.74) is 1.62. The Bertz CT molecular complexity index is 472. The van der Waals surface area contributed by atoms with Crippen molar-refractivity contribution in [2.45, 2.75) is 26.8 Å². The van der Waals surface area contributed by atoms with Crippen LogP contribution in [0.5, 0.6) is 0 Å². The smallest absolute Gasteiger partial charge is 0.322 e. The molecule has 0 radical (unpaired) electrons. The zero-order valence-corrected chi connectivity index (χ0v) is 10.7. The average Bonchev–Trinajstić information content (AvgIpc) is 2.88. The van der Waals surface area contributed by atoms with E-state index in [2.05, 4.69) is 22.3 Å². The fraction of sp³-hybridized carbons (Fsp3) is 0.455. The molecule has 0 aliphatic heterocycles. The van der Waals surface area contributed by atoms with E-state index in [0.717, 1.165) is 24.4 Å². The molecule has 0 fully saturated rings. The summed E-state index contributed by atoms with van der Waals surface area (Å²) in [6.45, 7) is 5.63. The van der Waals surface area contributed by atoms with E-state index in [9.17, 15) is 0 Å². The minimum Gasteiger partial charge on any atom is -0.430 e. The number of nitrogens with one attached hydrogen (secondary N) is 1. The minimum atomic E-state index is 0.438. The first kappa shape index (κ1) is 12.1. The van der Waals surface area contributed by atoms with Gasteiger partial charge in [-0.25, -0.2) is 0 Å². The van der Waals surface area contributed by atoms with E-state index >= 15 is 0 Å². The third kappa shape index (κ3) is 2.87. The number of hydrogen-bond donors (Lipinski definition) is 1. The molecule has 0 aliphatic carbocycles. The van der Waals surface area contributed by atoms with Gasteiger partial charge < -0.3 is 9.73 Å². The van der Waals surface area contributed by atoms with Gasteiger partial charge in [-0.1, -0.05) is 18.5 Å². The molecule has 0 saturated carbocycles. The second-order valence-electron chi connectivity index (χ2n) is 3.81. The van der Waals surface area contributed by atoms with Crippen LogP contribution in [0, 0.1) is 6.92 Å². The van der Waals surface area contributed by atoms with E-state index in [0.29, 0.717) is 17.6 Å². The molecule has 2 aromatic rings. The van der Waals surface area contributed by atoms with Crippen molar-refractivity contribution in [3.8, 4) is 6.01 Å². The highest BCUT2D eigenvalue weighted by Gasteiger charge is 2.09. The van der Waals surface area contributed by atoms with Gasteiger partial charge in [0.15, 0.2) is 0 Å². The topological polar surface area (TPSA) is 55.9 Å². The van der Waals surface area contributed by atoms with Crippen LogP contribution in [0.25, 0.3) is 6.01 Å².